The number of amides is 1. The number of aryl methyl sites for hydroxylation is 2. The van der Waals surface area contributed by atoms with Gasteiger partial charge < -0.3 is 14.8 Å². The van der Waals surface area contributed by atoms with E-state index < -0.39 is 6.10 Å². The number of hydrogen-bond acceptors (Lipinski definition) is 4. The monoisotopic (exact) mass is 382 g/mol. The first kappa shape index (κ1) is 20.4. The molecule has 0 bridgehead atoms. The van der Waals surface area contributed by atoms with Crippen molar-refractivity contribution in [2.45, 2.75) is 40.0 Å². The topological polar surface area (TPSA) is 50.8 Å². The Morgan fingerprint density at radius 1 is 1.11 bits per heavy atom. The molecule has 5 heteroatoms. The van der Waals surface area contributed by atoms with Crippen LogP contribution in [0.25, 0.3) is 0 Å². The molecule has 1 fully saturated rings. The van der Waals surface area contributed by atoms with Crippen molar-refractivity contribution < 1.29 is 14.3 Å². The van der Waals surface area contributed by atoms with Gasteiger partial charge in [-0.3, -0.25) is 9.69 Å². The zero-order valence-corrected chi connectivity index (χ0v) is 17.0. The van der Waals surface area contributed by atoms with Crippen LogP contribution in [0.1, 0.15) is 29.2 Å². The maximum absolute atomic E-state index is 12.4. The molecule has 0 spiro atoms. The maximum atomic E-state index is 12.4. The first-order chi connectivity index (χ1) is 13.5. The van der Waals surface area contributed by atoms with Gasteiger partial charge in [0.05, 0.1) is 13.2 Å². The number of morpholine rings is 1. The highest BCUT2D eigenvalue weighted by atomic mass is 16.5. The zero-order chi connectivity index (χ0) is 19.9. The first-order valence-corrected chi connectivity index (χ1v) is 9.91. The van der Waals surface area contributed by atoms with Crippen molar-refractivity contribution in [2.75, 3.05) is 26.3 Å². The van der Waals surface area contributed by atoms with Crippen molar-refractivity contribution in [2.24, 2.45) is 0 Å². The van der Waals surface area contributed by atoms with E-state index >= 15 is 0 Å². The summed E-state index contributed by atoms with van der Waals surface area (Å²) in [6.07, 6.45) is -0.540. The summed E-state index contributed by atoms with van der Waals surface area (Å²) < 4.78 is 11.2. The molecular weight excluding hydrogens is 352 g/mol. The van der Waals surface area contributed by atoms with Crippen LogP contribution in [0.2, 0.25) is 0 Å². The molecule has 1 aliphatic rings. The molecule has 2 aromatic rings. The molecule has 0 saturated carbocycles. The summed E-state index contributed by atoms with van der Waals surface area (Å²) in [5.41, 5.74) is 4.58. The summed E-state index contributed by atoms with van der Waals surface area (Å²) in [7, 11) is 0. The lowest BCUT2D eigenvalue weighted by Crippen LogP contribution is -2.36. The lowest BCUT2D eigenvalue weighted by Gasteiger charge is -2.26. The fourth-order valence-corrected chi connectivity index (χ4v) is 3.29. The van der Waals surface area contributed by atoms with Crippen LogP contribution >= 0.6 is 0 Å². The Labute approximate surface area is 167 Å². The average molecular weight is 383 g/mol. The summed E-state index contributed by atoms with van der Waals surface area (Å²) in [5.74, 6) is 0.637. The molecule has 1 atom stereocenters. The maximum Gasteiger partial charge on any atom is 0.261 e. The smallest absolute Gasteiger partial charge is 0.261 e. The number of nitrogens with one attached hydrogen (secondary N) is 1. The second-order valence-electron chi connectivity index (χ2n) is 7.45. The van der Waals surface area contributed by atoms with Gasteiger partial charge in [-0.05, 0) is 43.5 Å². The van der Waals surface area contributed by atoms with Crippen molar-refractivity contribution in [1.29, 1.82) is 0 Å². The molecule has 0 radical (unpaired) electrons. The molecule has 2 aromatic carbocycles. The normalized spacial score (nSPS) is 15.8. The number of nitrogens with zero attached hydrogens (tertiary/aromatic N) is 1. The Balaban J connectivity index is 1.46. The summed E-state index contributed by atoms with van der Waals surface area (Å²) in [4.78, 5) is 14.8. The van der Waals surface area contributed by atoms with Crippen LogP contribution in [0.3, 0.4) is 0 Å². The van der Waals surface area contributed by atoms with Gasteiger partial charge in [0.1, 0.15) is 5.75 Å². The molecule has 0 unspecified atom stereocenters. The minimum absolute atomic E-state index is 0.114. The third kappa shape index (κ3) is 5.81. The highest BCUT2D eigenvalue weighted by Crippen LogP contribution is 2.20. The number of benzene rings is 2. The van der Waals surface area contributed by atoms with E-state index in [1.54, 1.807) is 6.92 Å². The molecule has 3 rings (SSSR count). The summed E-state index contributed by atoms with van der Waals surface area (Å²) in [6, 6.07) is 14.4. The Morgan fingerprint density at radius 2 is 1.79 bits per heavy atom. The van der Waals surface area contributed by atoms with E-state index in [9.17, 15) is 4.79 Å². The van der Waals surface area contributed by atoms with Gasteiger partial charge in [0.2, 0.25) is 0 Å². The molecule has 1 amide bonds. The quantitative estimate of drug-likeness (QED) is 0.799. The Bertz CT molecular complexity index is 783. The van der Waals surface area contributed by atoms with Crippen LogP contribution in [0, 0.1) is 13.8 Å². The van der Waals surface area contributed by atoms with Gasteiger partial charge >= 0.3 is 0 Å². The highest BCUT2D eigenvalue weighted by molar-refractivity contribution is 5.80. The summed E-state index contributed by atoms with van der Waals surface area (Å²) in [5, 5.41) is 2.96. The molecule has 0 aliphatic carbocycles. The third-order valence-corrected chi connectivity index (χ3v) is 5.00. The van der Waals surface area contributed by atoms with Crippen LogP contribution in [-0.4, -0.2) is 43.2 Å². The molecule has 1 aliphatic heterocycles. The van der Waals surface area contributed by atoms with Crippen LogP contribution in [0.4, 0.5) is 0 Å². The minimum Gasteiger partial charge on any atom is -0.481 e. The number of carbonyl (C=O) groups is 1. The molecule has 1 heterocycles. The molecule has 28 heavy (non-hydrogen) atoms. The summed E-state index contributed by atoms with van der Waals surface area (Å²) in [6.45, 7) is 10.8. The minimum atomic E-state index is -0.540. The molecule has 150 valence electrons. The van der Waals surface area contributed by atoms with Crippen LogP contribution < -0.4 is 10.1 Å². The fourth-order valence-electron chi connectivity index (χ4n) is 3.29. The van der Waals surface area contributed by atoms with Crippen LogP contribution in [0.5, 0.6) is 5.75 Å². The van der Waals surface area contributed by atoms with E-state index in [1.165, 1.54) is 11.1 Å². The largest absolute Gasteiger partial charge is 0.481 e. The fraction of sp³-hybridized carbons (Fsp3) is 0.435. The van der Waals surface area contributed by atoms with Gasteiger partial charge in [-0.15, -0.1) is 0 Å². The van der Waals surface area contributed by atoms with Crippen LogP contribution in [-0.2, 0) is 22.6 Å². The standard InChI is InChI=1S/C23H30N2O3/c1-17-4-9-22(18(2)14-17)28-19(3)23(26)24-15-20-5-7-21(8-6-20)16-25-10-12-27-13-11-25/h4-9,14,19H,10-13,15-16H2,1-3H3,(H,24,26)/t19-/m0/s1. The van der Waals surface area contributed by atoms with Gasteiger partial charge in [0.15, 0.2) is 6.10 Å². The zero-order valence-electron chi connectivity index (χ0n) is 17.0. The van der Waals surface area contributed by atoms with Gasteiger partial charge in [0, 0.05) is 26.2 Å². The molecule has 0 aromatic heterocycles. The number of ether oxygens (including phenoxy) is 2. The van der Waals surface area contributed by atoms with E-state index in [0.29, 0.717) is 6.54 Å². The van der Waals surface area contributed by atoms with Gasteiger partial charge in [-0.2, -0.15) is 0 Å². The molecule has 5 nitrogen and oxygen atoms in total. The first-order valence-electron chi connectivity index (χ1n) is 9.91. The molecule has 1 N–H and O–H groups in total. The van der Waals surface area contributed by atoms with Crippen molar-refractivity contribution in [3.63, 3.8) is 0 Å². The lowest BCUT2D eigenvalue weighted by atomic mass is 10.1. The average Bonchev–Trinajstić information content (AvgIpc) is 2.70. The Morgan fingerprint density at radius 3 is 2.46 bits per heavy atom. The highest BCUT2D eigenvalue weighted by Gasteiger charge is 2.15. The van der Waals surface area contributed by atoms with Crippen molar-refractivity contribution in [3.05, 3.63) is 64.7 Å². The summed E-state index contributed by atoms with van der Waals surface area (Å²) >= 11 is 0. The number of rotatable bonds is 7. The second-order valence-corrected chi connectivity index (χ2v) is 7.45. The SMILES string of the molecule is Cc1ccc(O[C@@H](C)C(=O)NCc2ccc(CN3CCOCC3)cc2)c(C)c1. The van der Waals surface area contributed by atoms with E-state index in [2.05, 4.69) is 40.5 Å². The molecule has 1 saturated heterocycles. The van der Waals surface area contributed by atoms with Gasteiger partial charge in [0.25, 0.3) is 5.91 Å². The van der Waals surface area contributed by atoms with Crippen molar-refractivity contribution in [1.82, 2.24) is 10.2 Å². The van der Waals surface area contributed by atoms with E-state index in [4.69, 9.17) is 9.47 Å². The molecular formula is C23H30N2O3. The van der Waals surface area contributed by atoms with E-state index in [-0.39, 0.29) is 5.91 Å². The Kier molecular flexibility index (Phi) is 7.06. The Hall–Kier alpha value is -2.37. The van der Waals surface area contributed by atoms with E-state index in [1.807, 2.05) is 26.0 Å². The van der Waals surface area contributed by atoms with Crippen molar-refractivity contribution in [3.8, 4) is 5.75 Å². The van der Waals surface area contributed by atoms with Crippen molar-refractivity contribution >= 4 is 5.91 Å². The van der Waals surface area contributed by atoms with Gasteiger partial charge in [-0.25, -0.2) is 0 Å². The van der Waals surface area contributed by atoms with Gasteiger partial charge in [-0.1, -0.05) is 42.0 Å². The number of hydrogen-bond donors (Lipinski definition) is 1. The van der Waals surface area contributed by atoms with Crippen LogP contribution in [0.15, 0.2) is 42.5 Å². The van der Waals surface area contributed by atoms with E-state index in [0.717, 1.165) is 49.7 Å². The second kappa shape index (κ2) is 9.71. The third-order valence-electron chi connectivity index (χ3n) is 5.00. The predicted molar refractivity (Wildman–Crippen MR) is 110 cm³/mol. The predicted octanol–water partition coefficient (Wildman–Crippen LogP) is 3.22. The lowest BCUT2D eigenvalue weighted by molar-refractivity contribution is -0.127. The number of carbonyl (C=O) groups excluding carboxylic acids is 1.